The molecule has 1 unspecified atom stereocenters. The Kier molecular flexibility index (Phi) is 4.25. The molecule has 4 nitrogen and oxygen atoms in total. The lowest BCUT2D eigenvalue weighted by atomic mass is 10.3. The van der Waals surface area contributed by atoms with Gasteiger partial charge in [0.15, 0.2) is 11.4 Å². The number of nitrogens with one attached hydrogen (secondary N) is 1. The smallest absolute Gasteiger partial charge is 0.183 e. The number of hydrogen-bond donors (Lipinski definition) is 1. The van der Waals surface area contributed by atoms with E-state index in [0.29, 0.717) is 5.17 Å². The van der Waals surface area contributed by atoms with Crippen LogP contribution in [0, 0.1) is 18.4 Å². The van der Waals surface area contributed by atoms with E-state index >= 15 is 0 Å². The topological polar surface area (TPSA) is 61.3 Å². The van der Waals surface area contributed by atoms with E-state index in [1.54, 1.807) is 0 Å². The van der Waals surface area contributed by atoms with Gasteiger partial charge in [0, 0.05) is 0 Å². The van der Waals surface area contributed by atoms with Crippen molar-refractivity contribution in [2.24, 2.45) is 4.99 Å². The first-order valence-corrected chi connectivity index (χ1v) is 5.73. The summed E-state index contributed by atoms with van der Waals surface area (Å²) in [5, 5.41) is 11.6. The van der Waals surface area contributed by atoms with Crippen LogP contribution in [-0.4, -0.2) is 11.4 Å². The van der Waals surface area contributed by atoms with Crippen LogP contribution in [0.5, 0.6) is 0 Å². The molecule has 0 radical (unpaired) electrons. The summed E-state index contributed by atoms with van der Waals surface area (Å²) in [5.41, 5.74) is 0. The van der Waals surface area contributed by atoms with Crippen molar-refractivity contribution in [2.45, 2.75) is 19.9 Å². The zero-order valence-corrected chi connectivity index (χ0v) is 9.76. The summed E-state index contributed by atoms with van der Waals surface area (Å²) in [7, 11) is 0. The number of amidine groups is 1. The van der Waals surface area contributed by atoms with Gasteiger partial charge in [0.05, 0.1) is 0 Å². The third kappa shape index (κ3) is 3.33. The number of nitriles is 1. The van der Waals surface area contributed by atoms with Crippen LogP contribution in [-0.2, 0) is 0 Å². The SMILES string of the molecule is CSC(=NC(C)c1ccc(C)o1)NC#N. The normalized spacial score (nSPS) is 13.3. The maximum absolute atomic E-state index is 8.48. The van der Waals surface area contributed by atoms with Crippen molar-refractivity contribution < 1.29 is 4.42 Å². The lowest BCUT2D eigenvalue weighted by Gasteiger charge is -2.05. The van der Waals surface area contributed by atoms with Crippen LogP contribution in [0.2, 0.25) is 0 Å². The van der Waals surface area contributed by atoms with Crippen LogP contribution in [0.25, 0.3) is 0 Å². The summed E-state index contributed by atoms with van der Waals surface area (Å²) in [6, 6.07) is 3.72. The second-order valence-electron chi connectivity index (χ2n) is 3.00. The van der Waals surface area contributed by atoms with Crippen molar-refractivity contribution in [2.75, 3.05) is 6.26 Å². The highest BCUT2D eigenvalue weighted by molar-refractivity contribution is 8.13. The molecule has 5 heteroatoms. The first-order valence-electron chi connectivity index (χ1n) is 4.50. The summed E-state index contributed by atoms with van der Waals surface area (Å²) in [5.74, 6) is 1.67. The molecule has 1 aromatic heterocycles. The molecule has 0 aliphatic rings. The van der Waals surface area contributed by atoms with Crippen molar-refractivity contribution >= 4 is 16.9 Å². The fraction of sp³-hybridized carbons (Fsp3) is 0.400. The van der Waals surface area contributed by atoms with Gasteiger partial charge in [-0.25, -0.2) is 0 Å². The van der Waals surface area contributed by atoms with E-state index < -0.39 is 0 Å². The van der Waals surface area contributed by atoms with E-state index in [1.807, 2.05) is 38.4 Å². The van der Waals surface area contributed by atoms with E-state index in [0.717, 1.165) is 11.5 Å². The van der Waals surface area contributed by atoms with Crippen LogP contribution in [0.15, 0.2) is 21.5 Å². The fourth-order valence-electron chi connectivity index (χ4n) is 1.10. The molecule has 1 aromatic rings. The summed E-state index contributed by atoms with van der Waals surface area (Å²) in [6.07, 6.45) is 3.71. The molecule has 1 heterocycles. The zero-order chi connectivity index (χ0) is 11.3. The van der Waals surface area contributed by atoms with Crippen molar-refractivity contribution in [1.82, 2.24) is 5.32 Å². The highest BCUT2D eigenvalue weighted by Crippen LogP contribution is 2.20. The third-order valence-corrected chi connectivity index (χ3v) is 2.43. The Hall–Kier alpha value is -1.41. The molecule has 1 atom stereocenters. The van der Waals surface area contributed by atoms with Crippen molar-refractivity contribution in [3.8, 4) is 6.19 Å². The number of aliphatic imine (C=N–C) groups is 1. The van der Waals surface area contributed by atoms with E-state index in [-0.39, 0.29) is 6.04 Å². The number of nitrogens with zero attached hydrogens (tertiary/aromatic N) is 2. The van der Waals surface area contributed by atoms with E-state index in [2.05, 4.69) is 10.3 Å². The van der Waals surface area contributed by atoms with E-state index in [1.165, 1.54) is 11.8 Å². The molecule has 0 amide bonds. The Bertz CT molecular complexity index is 392. The molecule has 0 saturated heterocycles. The number of furan rings is 1. The minimum Gasteiger partial charge on any atom is -0.464 e. The number of thioether (sulfide) groups is 1. The Morgan fingerprint density at radius 1 is 1.67 bits per heavy atom. The predicted molar refractivity (Wildman–Crippen MR) is 61.6 cm³/mol. The Labute approximate surface area is 93.4 Å². The molecule has 1 rings (SSSR count). The number of aryl methyl sites for hydroxylation is 1. The standard InChI is InChI=1S/C10H13N3OS/c1-7-4-5-9(14-7)8(2)13-10(15-3)12-6-11/h4-5,8H,1-3H3,(H,12,13). The van der Waals surface area contributed by atoms with Crippen LogP contribution < -0.4 is 5.32 Å². The van der Waals surface area contributed by atoms with Gasteiger partial charge in [0.2, 0.25) is 0 Å². The van der Waals surface area contributed by atoms with Gasteiger partial charge >= 0.3 is 0 Å². The van der Waals surface area contributed by atoms with Crippen LogP contribution in [0.4, 0.5) is 0 Å². The molecule has 1 N–H and O–H groups in total. The Balaban J connectivity index is 2.77. The summed E-state index contributed by atoms with van der Waals surface area (Å²) < 4.78 is 5.44. The van der Waals surface area contributed by atoms with Gasteiger partial charge < -0.3 is 4.42 Å². The van der Waals surface area contributed by atoms with Crippen molar-refractivity contribution in [3.63, 3.8) is 0 Å². The predicted octanol–water partition coefficient (Wildman–Crippen LogP) is 2.44. The lowest BCUT2D eigenvalue weighted by molar-refractivity contribution is 0.458. The molecule has 0 aromatic carbocycles. The summed E-state index contributed by atoms with van der Waals surface area (Å²) in [6.45, 7) is 3.82. The molecule has 0 spiro atoms. The molecular weight excluding hydrogens is 210 g/mol. The van der Waals surface area contributed by atoms with Crippen molar-refractivity contribution in [3.05, 3.63) is 23.7 Å². The average Bonchev–Trinajstić information content (AvgIpc) is 2.64. The van der Waals surface area contributed by atoms with Gasteiger partial charge in [-0.15, -0.1) is 0 Å². The molecule has 80 valence electrons. The molecule has 0 aliphatic heterocycles. The molecule has 0 aliphatic carbocycles. The second kappa shape index (κ2) is 5.47. The molecular formula is C10H13N3OS. The van der Waals surface area contributed by atoms with Crippen LogP contribution in [0.1, 0.15) is 24.5 Å². The van der Waals surface area contributed by atoms with Crippen LogP contribution in [0.3, 0.4) is 0 Å². The number of hydrogen-bond acceptors (Lipinski definition) is 4. The molecule has 0 bridgehead atoms. The van der Waals surface area contributed by atoms with E-state index in [9.17, 15) is 0 Å². The minimum absolute atomic E-state index is 0.0815. The molecule has 15 heavy (non-hydrogen) atoms. The quantitative estimate of drug-likeness (QED) is 0.362. The van der Waals surface area contributed by atoms with E-state index in [4.69, 9.17) is 9.68 Å². The van der Waals surface area contributed by atoms with Gasteiger partial charge in [-0.05, 0) is 32.2 Å². The average molecular weight is 223 g/mol. The van der Waals surface area contributed by atoms with Gasteiger partial charge in [-0.2, -0.15) is 5.26 Å². The van der Waals surface area contributed by atoms with Crippen molar-refractivity contribution in [1.29, 1.82) is 5.26 Å². The monoisotopic (exact) mass is 223 g/mol. The third-order valence-electron chi connectivity index (χ3n) is 1.84. The Morgan fingerprint density at radius 3 is 2.87 bits per heavy atom. The first kappa shape index (κ1) is 11.7. The maximum atomic E-state index is 8.48. The highest BCUT2D eigenvalue weighted by atomic mass is 32.2. The van der Waals surface area contributed by atoms with Gasteiger partial charge in [-0.1, -0.05) is 11.8 Å². The molecule has 0 saturated carbocycles. The number of rotatable bonds is 2. The summed E-state index contributed by atoms with van der Waals surface area (Å²) in [4.78, 5) is 4.32. The first-order chi connectivity index (χ1) is 7.17. The zero-order valence-electron chi connectivity index (χ0n) is 8.94. The fourth-order valence-corrected chi connectivity index (χ4v) is 1.51. The van der Waals surface area contributed by atoms with Gasteiger partial charge in [-0.3, -0.25) is 10.3 Å². The highest BCUT2D eigenvalue weighted by Gasteiger charge is 2.09. The maximum Gasteiger partial charge on any atom is 0.183 e. The summed E-state index contributed by atoms with van der Waals surface area (Å²) >= 11 is 1.40. The Morgan fingerprint density at radius 2 is 2.40 bits per heavy atom. The minimum atomic E-state index is -0.0815. The molecule has 0 fully saturated rings. The lowest BCUT2D eigenvalue weighted by Crippen LogP contribution is -2.14. The van der Waals surface area contributed by atoms with Crippen LogP contribution >= 0.6 is 11.8 Å². The van der Waals surface area contributed by atoms with Gasteiger partial charge in [0.1, 0.15) is 17.6 Å². The second-order valence-corrected chi connectivity index (χ2v) is 3.79. The van der Waals surface area contributed by atoms with Gasteiger partial charge in [0.25, 0.3) is 0 Å². The largest absolute Gasteiger partial charge is 0.464 e.